The van der Waals surface area contributed by atoms with Crippen molar-refractivity contribution in [2.75, 3.05) is 18.4 Å². The summed E-state index contributed by atoms with van der Waals surface area (Å²) in [5.74, 6) is 0.850. The Morgan fingerprint density at radius 1 is 1.00 bits per heavy atom. The van der Waals surface area contributed by atoms with Crippen molar-refractivity contribution in [1.29, 1.82) is 0 Å². The number of anilines is 2. The average Bonchev–Trinajstić information content (AvgIpc) is 3.37. The largest absolute Gasteiger partial charge is 0.316 e. The molecule has 0 saturated carbocycles. The van der Waals surface area contributed by atoms with Crippen LogP contribution in [0.5, 0.6) is 0 Å². The predicted molar refractivity (Wildman–Crippen MR) is 115 cm³/mol. The number of benzene rings is 1. The molecule has 5 nitrogen and oxygen atoms in total. The van der Waals surface area contributed by atoms with Gasteiger partial charge in [0.2, 0.25) is 0 Å². The molecule has 1 aliphatic heterocycles. The lowest BCUT2D eigenvalue weighted by molar-refractivity contribution is 0.331. The minimum Gasteiger partial charge on any atom is -0.316 e. The fourth-order valence-electron chi connectivity index (χ4n) is 3.64. The standard InChI is InChI=1S/C22H21N5S/c1-2-11-27(10-1)15-16-7-9-24-21(12-16)26-22-25-19-6-5-17(13-20(19)28-22)18-4-3-8-23-14-18/h3-9,12-14H,1-2,10-11,15H2,(H,24,25,26). The molecular formula is C22H21N5S. The van der Waals surface area contributed by atoms with Crippen LogP contribution in [0.1, 0.15) is 18.4 Å². The minimum atomic E-state index is 0.850. The maximum absolute atomic E-state index is 4.72. The van der Waals surface area contributed by atoms with E-state index in [1.165, 1.54) is 31.5 Å². The van der Waals surface area contributed by atoms with Crippen molar-refractivity contribution in [3.8, 4) is 11.1 Å². The van der Waals surface area contributed by atoms with Gasteiger partial charge in [-0.3, -0.25) is 9.88 Å². The third-order valence-electron chi connectivity index (χ3n) is 5.05. The van der Waals surface area contributed by atoms with Crippen LogP contribution in [-0.4, -0.2) is 32.9 Å². The van der Waals surface area contributed by atoms with Gasteiger partial charge in [-0.2, -0.15) is 0 Å². The van der Waals surface area contributed by atoms with Crippen molar-refractivity contribution in [2.24, 2.45) is 0 Å². The highest BCUT2D eigenvalue weighted by Gasteiger charge is 2.12. The number of nitrogens with one attached hydrogen (secondary N) is 1. The summed E-state index contributed by atoms with van der Waals surface area (Å²) in [6.45, 7) is 3.38. The van der Waals surface area contributed by atoms with Crippen LogP contribution in [0.4, 0.5) is 10.9 Å². The molecule has 1 saturated heterocycles. The minimum absolute atomic E-state index is 0.850. The molecule has 1 aromatic carbocycles. The molecular weight excluding hydrogens is 366 g/mol. The van der Waals surface area contributed by atoms with Crippen molar-refractivity contribution in [1.82, 2.24) is 19.9 Å². The zero-order chi connectivity index (χ0) is 18.8. The Morgan fingerprint density at radius 2 is 1.93 bits per heavy atom. The highest BCUT2D eigenvalue weighted by atomic mass is 32.1. The Hall–Kier alpha value is -2.83. The lowest BCUT2D eigenvalue weighted by atomic mass is 10.1. The molecule has 0 bridgehead atoms. The Kier molecular flexibility index (Phi) is 4.72. The summed E-state index contributed by atoms with van der Waals surface area (Å²) in [6, 6.07) is 14.6. The summed E-state index contributed by atoms with van der Waals surface area (Å²) < 4.78 is 1.15. The summed E-state index contributed by atoms with van der Waals surface area (Å²) >= 11 is 1.65. The van der Waals surface area contributed by atoms with Crippen molar-refractivity contribution >= 4 is 32.5 Å². The van der Waals surface area contributed by atoms with Gasteiger partial charge >= 0.3 is 0 Å². The second-order valence-corrected chi connectivity index (χ2v) is 8.13. The fraction of sp³-hybridized carbons (Fsp3) is 0.227. The lowest BCUT2D eigenvalue weighted by Crippen LogP contribution is -2.18. The van der Waals surface area contributed by atoms with Crippen LogP contribution in [-0.2, 0) is 6.54 Å². The number of hydrogen-bond acceptors (Lipinski definition) is 6. The van der Waals surface area contributed by atoms with Crippen LogP contribution in [0.3, 0.4) is 0 Å². The van der Waals surface area contributed by atoms with Gasteiger partial charge in [0.1, 0.15) is 5.82 Å². The van der Waals surface area contributed by atoms with Crippen LogP contribution in [0.15, 0.2) is 61.1 Å². The summed E-state index contributed by atoms with van der Waals surface area (Å²) in [6.07, 6.45) is 8.17. The highest BCUT2D eigenvalue weighted by molar-refractivity contribution is 7.22. The second kappa shape index (κ2) is 7.66. The molecule has 3 aromatic heterocycles. The quantitative estimate of drug-likeness (QED) is 0.517. The lowest BCUT2D eigenvalue weighted by Gasteiger charge is -2.14. The first kappa shape index (κ1) is 17.3. The number of rotatable bonds is 5. The number of pyridine rings is 2. The number of likely N-dealkylation sites (tertiary alicyclic amines) is 1. The Labute approximate surface area is 168 Å². The van der Waals surface area contributed by atoms with Gasteiger partial charge < -0.3 is 5.32 Å². The fourth-order valence-corrected chi connectivity index (χ4v) is 4.55. The van der Waals surface area contributed by atoms with E-state index in [1.54, 1.807) is 17.5 Å². The zero-order valence-electron chi connectivity index (χ0n) is 15.5. The SMILES string of the molecule is c1cncc(-c2ccc3nc(Nc4cc(CN5CCCC5)ccn4)sc3c2)c1. The van der Waals surface area contributed by atoms with E-state index in [0.717, 1.165) is 38.8 Å². The molecule has 5 rings (SSSR count). The Balaban J connectivity index is 1.36. The monoisotopic (exact) mass is 387 g/mol. The van der Waals surface area contributed by atoms with Gasteiger partial charge in [0.25, 0.3) is 0 Å². The maximum Gasteiger partial charge on any atom is 0.189 e. The number of hydrogen-bond donors (Lipinski definition) is 1. The van der Waals surface area contributed by atoms with E-state index in [-0.39, 0.29) is 0 Å². The first-order chi connectivity index (χ1) is 13.8. The van der Waals surface area contributed by atoms with E-state index in [4.69, 9.17) is 4.98 Å². The van der Waals surface area contributed by atoms with Gasteiger partial charge in [-0.25, -0.2) is 9.97 Å². The van der Waals surface area contributed by atoms with Crippen LogP contribution < -0.4 is 5.32 Å². The van der Waals surface area contributed by atoms with Gasteiger partial charge in [-0.15, -0.1) is 0 Å². The predicted octanol–water partition coefficient (Wildman–Crippen LogP) is 5.09. The molecule has 4 heterocycles. The van der Waals surface area contributed by atoms with Crippen molar-refractivity contribution < 1.29 is 0 Å². The molecule has 140 valence electrons. The van der Waals surface area contributed by atoms with E-state index in [2.05, 4.69) is 56.6 Å². The van der Waals surface area contributed by atoms with E-state index >= 15 is 0 Å². The highest BCUT2D eigenvalue weighted by Crippen LogP contribution is 2.31. The van der Waals surface area contributed by atoms with Gasteiger partial charge in [0.15, 0.2) is 5.13 Å². The molecule has 1 aliphatic rings. The summed E-state index contributed by atoms with van der Waals surface area (Å²) in [4.78, 5) is 15.9. The molecule has 0 amide bonds. The molecule has 4 aromatic rings. The molecule has 6 heteroatoms. The Bertz CT molecular complexity index is 1090. The summed E-state index contributed by atoms with van der Waals surface area (Å²) in [5, 5.41) is 4.25. The summed E-state index contributed by atoms with van der Waals surface area (Å²) in [7, 11) is 0. The smallest absolute Gasteiger partial charge is 0.189 e. The Morgan fingerprint density at radius 3 is 2.79 bits per heavy atom. The average molecular weight is 388 g/mol. The zero-order valence-corrected chi connectivity index (χ0v) is 16.3. The molecule has 0 atom stereocenters. The van der Waals surface area contributed by atoms with E-state index in [0.29, 0.717) is 0 Å². The molecule has 1 N–H and O–H groups in total. The van der Waals surface area contributed by atoms with Crippen LogP contribution >= 0.6 is 11.3 Å². The first-order valence-electron chi connectivity index (χ1n) is 9.59. The maximum atomic E-state index is 4.72. The second-order valence-electron chi connectivity index (χ2n) is 7.10. The normalized spacial score (nSPS) is 14.6. The van der Waals surface area contributed by atoms with Crippen molar-refractivity contribution in [2.45, 2.75) is 19.4 Å². The molecule has 0 aliphatic carbocycles. The van der Waals surface area contributed by atoms with E-state index < -0.39 is 0 Å². The number of aromatic nitrogens is 3. The van der Waals surface area contributed by atoms with Gasteiger partial charge in [-0.05, 0) is 67.4 Å². The van der Waals surface area contributed by atoms with E-state index in [9.17, 15) is 0 Å². The van der Waals surface area contributed by atoms with Gasteiger partial charge in [-0.1, -0.05) is 23.5 Å². The molecule has 0 spiro atoms. The number of fused-ring (bicyclic) bond motifs is 1. The van der Waals surface area contributed by atoms with Crippen LogP contribution in [0.25, 0.3) is 21.3 Å². The van der Waals surface area contributed by atoms with Crippen molar-refractivity contribution in [3.63, 3.8) is 0 Å². The van der Waals surface area contributed by atoms with E-state index in [1.807, 2.05) is 18.5 Å². The topological polar surface area (TPSA) is 53.9 Å². The first-order valence-corrected chi connectivity index (χ1v) is 10.4. The molecule has 28 heavy (non-hydrogen) atoms. The third kappa shape index (κ3) is 3.74. The number of nitrogens with zero attached hydrogens (tertiary/aromatic N) is 4. The molecule has 0 unspecified atom stereocenters. The van der Waals surface area contributed by atoms with Crippen LogP contribution in [0.2, 0.25) is 0 Å². The third-order valence-corrected chi connectivity index (χ3v) is 5.98. The van der Waals surface area contributed by atoms with Crippen LogP contribution in [0, 0.1) is 0 Å². The van der Waals surface area contributed by atoms with Gasteiger partial charge in [0, 0.05) is 30.7 Å². The summed E-state index contributed by atoms with van der Waals surface area (Å²) in [5.41, 5.74) is 4.55. The molecule has 1 fully saturated rings. The van der Waals surface area contributed by atoms with Crippen molar-refractivity contribution in [3.05, 3.63) is 66.6 Å². The molecule has 0 radical (unpaired) electrons. The van der Waals surface area contributed by atoms with Gasteiger partial charge in [0.05, 0.1) is 10.2 Å². The number of thiazole rings is 1.